The van der Waals surface area contributed by atoms with Gasteiger partial charge in [-0.15, -0.1) is 11.3 Å². The van der Waals surface area contributed by atoms with Gasteiger partial charge >= 0.3 is 0 Å². The highest BCUT2D eigenvalue weighted by atomic mass is 32.1. The molecule has 0 radical (unpaired) electrons. The molecule has 25 heavy (non-hydrogen) atoms. The lowest BCUT2D eigenvalue weighted by Crippen LogP contribution is -2.06. The first kappa shape index (κ1) is 17.1. The van der Waals surface area contributed by atoms with Crippen LogP contribution in [0.4, 0.5) is 11.5 Å². The van der Waals surface area contributed by atoms with E-state index in [9.17, 15) is 4.79 Å². The normalized spacial score (nSPS) is 10.6. The molecule has 0 fully saturated rings. The Morgan fingerprint density at radius 3 is 2.72 bits per heavy atom. The number of hydrogen-bond donors (Lipinski definition) is 2. The molecular weight excluding hydrogens is 332 g/mol. The van der Waals surface area contributed by atoms with Crippen molar-refractivity contribution >= 4 is 28.6 Å². The predicted molar refractivity (Wildman–Crippen MR) is 102 cm³/mol. The van der Waals surface area contributed by atoms with Gasteiger partial charge in [0.05, 0.1) is 21.3 Å². The molecule has 0 atom stereocenters. The molecule has 0 amide bonds. The minimum absolute atomic E-state index is 0.115. The van der Waals surface area contributed by atoms with Crippen molar-refractivity contribution in [3.63, 3.8) is 0 Å². The molecule has 2 aromatic heterocycles. The number of carbonyl (C=O) groups excluding carboxylic acids is 1. The third kappa shape index (κ3) is 4.22. The number of nitrogen functional groups attached to an aromatic ring is 1. The Kier molecular flexibility index (Phi) is 5.09. The minimum Gasteiger partial charge on any atom is -0.382 e. The van der Waals surface area contributed by atoms with Crippen LogP contribution in [0.25, 0.3) is 0 Å². The number of nitrogens with zero attached hydrogens (tertiary/aromatic N) is 2. The van der Waals surface area contributed by atoms with Gasteiger partial charge < -0.3 is 11.1 Å². The van der Waals surface area contributed by atoms with Gasteiger partial charge in [-0.1, -0.05) is 24.3 Å². The molecule has 2 heterocycles. The van der Waals surface area contributed by atoms with E-state index in [1.54, 1.807) is 6.20 Å². The standard InChI is InChI=1S/C19H20N4OS/c1-12-18(25-13(2)23-12)17(24)10-14-5-3-6-15(9-14)11-22-16-7-4-8-21-19(16)20/h3-9,22H,10-11H2,1-2H3,(H2,20,21). The Morgan fingerprint density at radius 1 is 1.20 bits per heavy atom. The zero-order valence-electron chi connectivity index (χ0n) is 14.2. The van der Waals surface area contributed by atoms with Crippen LogP contribution in [0.5, 0.6) is 0 Å². The number of hydrogen-bond acceptors (Lipinski definition) is 6. The zero-order valence-corrected chi connectivity index (χ0v) is 15.1. The molecule has 6 heteroatoms. The summed E-state index contributed by atoms with van der Waals surface area (Å²) in [6.07, 6.45) is 2.04. The number of benzene rings is 1. The molecular formula is C19H20N4OS. The average Bonchev–Trinajstić information content (AvgIpc) is 2.93. The van der Waals surface area contributed by atoms with E-state index in [1.807, 2.05) is 50.2 Å². The quantitative estimate of drug-likeness (QED) is 0.660. The highest BCUT2D eigenvalue weighted by Gasteiger charge is 2.14. The predicted octanol–water partition coefficient (Wildman–Crippen LogP) is 3.77. The van der Waals surface area contributed by atoms with Gasteiger partial charge in [0.15, 0.2) is 5.78 Å². The van der Waals surface area contributed by atoms with Crippen molar-refractivity contribution < 1.29 is 4.79 Å². The largest absolute Gasteiger partial charge is 0.382 e. The molecule has 0 aliphatic rings. The van der Waals surface area contributed by atoms with Crippen LogP contribution in [0.2, 0.25) is 0 Å². The van der Waals surface area contributed by atoms with E-state index >= 15 is 0 Å². The number of anilines is 2. The molecule has 0 saturated carbocycles. The number of nitrogens with one attached hydrogen (secondary N) is 1. The van der Waals surface area contributed by atoms with Gasteiger partial charge in [0.25, 0.3) is 0 Å². The number of carbonyl (C=O) groups is 1. The van der Waals surface area contributed by atoms with Crippen molar-refractivity contribution in [2.24, 2.45) is 0 Å². The first-order valence-corrected chi connectivity index (χ1v) is 8.84. The lowest BCUT2D eigenvalue weighted by molar-refractivity contribution is 0.0996. The van der Waals surface area contributed by atoms with E-state index in [0.29, 0.717) is 18.8 Å². The van der Waals surface area contributed by atoms with Crippen molar-refractivity contribution in [3.8, 4) is 0 Å². The summed E-state index contributed by atoms with van der Waals surface area (Å²) in [7, 11) is 0. The Labute approximate surface area is 151 Å². The number of thiazole rings is 1. The molecule has 3 N–H and O–H groups in total. The van der Waals surface area contributed by atoms with E-state index in [2.05, 4.69) is 15.3 Å². The molecule has 0 aliphatic heterocycles. The van der Waals surface area contributed by atoms with Crippen LogP contribution in [0.15, 0.2) is 42.6 Å². The molecule has 0 saturated heterocycles. The van der Waals surface area contributed by atoms with E-state index in [0.717, 1.165) is 32.4 Å². The lowest BCUT2D eigenvalue weighted by atomic mass is 10.0. The smallest absolute Gasteiger partial charge is 0.179 e. The Balaban J connectivity index is 1.68. The molecule has 3 aromatic rings. The molecule has 3 rings (SSSR count). The van der Waals surface area contributed by atoms with Crippen molar-refractivity contribution in [1.29, 1.82) is 0 Å². The second-order valence-corrected chi connectivity index (χ2v) is 7.06. The van der Waals surface area contributed by atoms with E-state index in [1.165, 1.54) is 11.3 Å². The fourth-order valence-corrected chi connectivity index (χ4v) is 3.53. The zero-order chi connectivity index (χ0) is 17.8. The van der Waals surface area contributed by atoms with Crippen LogP contribution in [0.3, 0.4) is 0 Å². The van der Waals surface area contributed by atoms with E-state index in [4.69, 9.17) is 5.73 Å². The second-order valence-electron chi connectivity index (χ2n) is 5.86. The average molecular weight is 352 g/mol. The molecule has 5 nitrogen and oxygen atoms in total. The molecule has 0 spiro atoms. The minimum atomic E-state index is 0.115. The highest BCUT2D eigenvalue weighted by molar-refractivity contribution is 7.13. The van der Waals surface area contributed by atoms with Crippen LogP contribution < -0.4 is 11.1 Å². The van der Waals surface area contributed by atoms with Crippen molar-refractivity contribution in [2.75, 3.05) is 11.1 Å². The van der Waals surface area contributed by atoms with Crippen LogP contribution in [0.1, 0.15) is 31.5 Å². The topological polar surface area (TPSA) is 80.9 Å². The summed E-state index contributed by atoms with van der Waals surface area (Å²) in [5.74, 6) is 0.592. The Hall–Kier alpha value is -2.73. The summed E-state index contributed by atoms with van der Waals surface area (Å²) in [4.78, 5) is 21.7. The third-order valence-corrected chi connectivity index (χ3v) is 4.95. The number of ketones is 1. The monoisotopic (exact) mass is 352 g/mol. The molecule has 1 aromatic carbocycles. The SMILES string of the molecule is Cc1nc(C)c(C(=O)Cc2cccc(CNc3cccnc3N)c2)s1. The summed E-state index contributed by atoms with van der Waals surface area (Å²) in [6.45, 7) is 4.43. The molecule has 0 unspecified atom stereocenters. The van der Waals surface area contributed by atoms with Gasteiger partial charge in [-0.05, 0) is 37.1 Å². The summed E-state index contributed by atoms with van der Waals surface area (Å²) in [6, 6.07) is 11.7. The number of Topliss-reactive ketones (excluding diaryl/α,β-unsaturated/α-hetero) is 1. The first-order valence-electron chi connectivity index (χ1n) is 8.02. The van der Waals surface area contributed by atoms with Gasteiger partial charge in [-0.2, -0.15) is 0 Å². The maximum absolute atomic E-state index is 12.5. The van der Waals surface area contributed by atoms with Gasteiger partial charge in [0, 0.05) is 19.2 Å². The Morgan fingerprint density at radius 2 is 2.00 bits per heavy atom. The molecule has 0 aliphatic carbocycles. The second kappa shape index (κ2) is 7.44. The van der Waals surface area contributed by atoms with Crippen molar-refractivity contribution in [3.05, 3.63) is 69.3 Å². The van der Waals surface area contributed by atoms with Crippen LogP contribution in [0, 0.1) is 13.8 Å². The summed E-state index contributed by atoms with van der Waals surface area (Å²) < 4.78 is 0. The van der Waals surface area contributed by atoms with Gasteiger partial charge in [0.2, 0.25) is 0 Å². The number of aryl methyl sites for hydroxylation is 2. The summed E-state index contributed by atoms with van der Waals surface area (Å²) >= 11 is 1.46. The third-order valence-electron chi connectivity index (χ3n) is 3.83. The first-order chi connectivity index (χ1) is 12.0. The van der Waals surface area contributed by atoms with Crippen LogP contribution >= 0.6 is 11.3 Å². The van der Waals surface area contributed by atoms with Gasteiger partial charge in [-0.3, -0.25) is 4.79 Å². The fourth-order valence-electron chi connectivity index (χ4n) is 2.67. The number of aromatic nitrogens is 2. The summed E-state index contributed by atoms with van der Waals surface area (Å²) in [5.41, 5.74) is 9.54. The van der Waals surface area contributed by atoms with Gasteiger partial charge in [-0.25, -0.2) is 9.97 Å². The summed E-state index contributed by atoms with van der Waals surface area (Å²) in [5, 5.41) is 4.20. The highest BCUT2D eigenvalue weighted by Crippen LogP contribution is 2.20. The Bertz CT molecular complexity index is 904. The maximum atomic E-state index is 12.5. The van der Waals surface area contributed by atoms with E-state index in [-0.39, 0.29) is 5.78 Å². The van der Waals surface area contributed by atoms with Crippen LogP contribution in [-0.4, -0.2) is 15.8 Å². The number of nitrogens with two attached hydrogens (primary N) is 1. The molecule has 128 valence electrons. The van der Waals surface area contributed by atoms with Crippen molar-refractivity contribution in [2.45, 2.75) is 26.8 Å². The van der Waals surface area contributed by atoms with E-state index < -0.39 is 0 Å². The number of pyridine rings is 1. The molecule has 0 bridgehead atoms. The number of rotatable bonds is 6. The lowest BCUT2D eigenvalue weighted by Gasteiger charge is -2.09. The van der Waals surface area contributed by atoms with Gasteiger partial charge in [0.1, 0.15) is 5.82 Å². The maximum Gasteiger partial charge on any atom is 0.179 e. The fraction of sp³-hybridized carbons (Fsp3) is 0.211. The van der Waals surface area contributed by atoms with Crippen LogP contribution in [-0.2, 0) is 13.0 Å². The van der Waals surface area contributed by atoms with Crippen molar-refractivity contribution in [1.82, 2.24) is 9.97 Å².